The molecule has 0 aromatic heterocycles. The molecule has 2 heterocycles. The van der Waals surface area contributed by atoms with Crippen LogP contribution in [0, 0.1) is 5.82 Å². The standard InChI is InChI=1S/C19H17BrFN5O2/c20-13-6-4-12(5-7-13)16-9-17-19(28)25(22-11-26(17)24-16)10-18(27)23-15-3-1-2-14(21)8-15/h1-8,11,16-17,24H,9-10H2,(H,23,27). The molecule has 1 saturated heterocycles. The molecule has 7 nitrogen and oxygen atoms in total. The van der Waals surface area contributed by atoms with Crippen molar-refractivity contribution in [1.29, 1.82) is 0 Å². The number of fused-ring (bicyclic) bond motifs is 1. The highest BCUT2D eigenvalue weighted by molar-refractivity contribution is 9.10. The zero-order chi connectivity index (χ0) is 19.7. The molecule has 2 amide bonds. The second kappa shape index (κ2) is 7.69. The number of nitrogens with zero attached hydrogens (tertiary/aromatic N) is 3. The number of carbonyl (C=O) groups excluding carboxylic acids is 2. The van der Waals surface area contributed by atoms with E-state index in [4.69, 9.17) is 0 Å². The van der Waals surface area contributed by atoms with Gasteiger partial charge in [0.15, 0.2) is 0 Å². The Bertz CT molecular complexity index is 936. The van der Waals surface area contributed by atoms with Crippen LogP contribution in [0.3, 0.4) is 0 Å². The van der Waals surface area contributed by atoms with Crippen molar-refractivity contribution in [2.75, 3.05) is 11.9 Å². The van der Waals surface area contributed by atoms with Crippen molar-refractivity contribution in [3.8, 4) is 0 Å². The summed E-state index contributed by atoms with van der Waals surface area (Å²) in [5, 5.41) is 9.46. The van der Waals surface area contributed by atoms with Gasteiger partial charge in [0, 0.05) is 10.2 Å². The van der Waals surface area contributed by atoms with Crippen molar-refractivity contribution < 1.29 is 14.0 Å². The van der Waals surface area contributed by atoms with E-state index in [9.17, 15) is 14.0 Å². The fourth-order valence-electron chi connectivity index (χ4n) is 3.27. The Balaban J connectivity index is 1.39. The number of amides is 2. The predicted octanol–water partition coefficient (Wildman–Crippen LogP) is 2.63. The van der Waals surface area contributed by atoms with Crippen LogP contribution in [0.2, 0.25) is 0 Å². The smallest absolute Gasteiger partial charge is 0.267 e. The first-order valence-corrected chi connectivity index (χ1v) is 9.50. The molecule has 0 bridgehead atoms. The van der Waals surface area contributed by atoms with Gasteiger partial charge in [0.05, 0.1) is 6.04 Å². The quantitative estimate of drug-likeness (QED) is 0.758. The Kier molecular flexibility index (Phi) is 5.10. The van der Waals surface area contributed by atoms with Gasteiger partial charge in [-0.25, -0.2) is 14.8 Å². The molecule has 144 valence electrons. The molecule has 2 atom stereocenters. The van der Waals surface area contributed by atoms with Gasteiger partial charge in [-0.15, -0.1) is 0 Å². The lowest BCUT2D eigenvalue weighted by molar-refractivity contribution is -0.139. The summed E-state index contributed by atoms with van der Waals surface area (Å²) in [5.74, 6) is -1.15. The van der Waals surface area contributed by atoms with E-state index in [-0.39, 0.29) is 18.5 Å². The number of hydrazine groups is 1. The zero-order valence-electron chi connectivity index (χ0n) is 14.7. The number of hydrogen-bond acceptors (Lipinski definition) is 5. The molecule has 0 aliphatic carbocycles. The average Bonchev–Trinajstić information content (AvgIpc) is 3.10. The van der Waals surface area contributed by atoms with Gasteiger partial charge in [-0.05, 0) is 42.3 Å². The van der Waals surface area contributed by atoms with Crippen LogP contribution in [-0.2, 0) is 9.59 Å². The highest BCUT2D eigenvalue weighted by atomic mass is 79.9. The van der Waals surface area contributed by atoms with Gasteiger partial charge in [0.2, 0.25) is 5.91 Å². The summed E-state index contributed by atoms with van der Waals surface area (Å²) in [6.45, 7) is -0.237. The van der Waals surface area contributed by atoms with Crippen LogP contribution in [0.1, 0.15) is 18.0 Å². The van der Waals surface area contributed by atoms with Crippen molar-refractivity contribution in [2.24, 2.45) is 5.10 Å². The van der Waals surface area contributed by atoms with Gasteiger partial charge >= 0.3 is 0 Å². The van der Waals surface area contributed by atoms with E-state index in [1.54, 1.807) is 11.1 Å². The number of nitrogens with one attached hydrogen (secondary N) is 2. The van der Waals surface area contributed by atoms with Crippen LogP contribution in [0.25, 0.3) is 0 Å². The van der Waals surface area contributed by atoms with E-state index in [0.717, 1.165) is 15.0 Å². The molecule has 0 radical (unpaired) electrons. The Morgan fingerprint density at radius 2 is 2.07 bits per heavy atom. The lowest BCUT2D eigenvalue weighted by Gasteiger charge is -2.29. The predicted molar refractivity (Wildman–Crippen MR) is 105 cm³/mol. The molecular formula is C19H17BrFN5O2. The van der Waals surface area contributed by atoms with Crippen LogP contribution >= 0.6 is 15.9 Å². The Morgan fingerprint density at radius 3 is 2.82 bits per heavy atom. The van der Waals surface area contributed by atoms with E-state index >= 15 is 0 Å². The fraction of sp³-hybridized carbons (Fsp3) is 0.211. The van der Waals surface area contributed by atoms with E-state index in [2.05, 4.69) is 31.8 Å². The number of halogens is 2. The van der Waals surface area contributed by atoms with Crippen LogP contribution in [0.15, 0.2) is 58.1 Å². The maximum absolute atomic E-state index is 13.2. The average molecular weight is 446 g/mol. The second-order valence-corrected chi connectivity index (χ2v) is 7.49. The maximum Gasteiger partial charge on any atom is 0.267 e. The van der Waals surface area contributed by atoms with Gasteiger partial charge in [-0.2, -0.15) is 5.10 Å². The van der Waals surface area contributed by atoms with Crippen LogP contribution in [0.4, 0.5) is 10.1 Å². The second-order valence-electron chi connectivity index (χ2n) is 6.58. The van der Waals surface area contributed by atoms with Crippen molar-refractivity contribution in [3.05, 3.63) is 64.4 Å². The van der Waals surface area contributed by atoms with Crippen LogP contribution in [-0.4, -0.2) is 40.8 Å². The molecule has 0 saturated carbocycles. The Hall–Kier alpha value is -2.78. The number of rotatable bonds is 4. The topological polar surface area (TPSA) is 77.0 Å². The lowest BCUT2D eigenvalue weighted by atomic mass is 10.0. The first-order valence-electron chi connectivity index (χ1n) is 8.70. The monoisotopic (exact) mass is 445 g/mol. The molecule has 2 unspecified atom stereocenters. The molecule has 1 fully saturated rings. The van der Waals surface area contributed by atoms with Gasteiger partial charge < -0.3 is 5.32 Å². The SMILES string of the molecule is O=C(CN1N=CN2NC(c3ccc(Br)cc3)CC2C1=O)Nc1cccc(F)c1. The minimum absolute atomic E-state index is 0.0189. The fourth-order valence-corrected chi connectivity index (χ4v) is 3.53. The first kappa shape index (κ1) is 18.6. The number of benzene rings is 2. The molecular weight excluding hydrogens is 429 g/mol. The van der Waals surface area contributed by atoms with Crippen molar-refractivity contribution in [2.45, 2.75) is 18.5 Å². The number of hydrogen-bond donors (Lipinski definition) is 2. The van der Waals surface area contributed by atoms with E-state index < -0.39 is 17.8 Å². The maximum atomic E-state index is 13.2. The molecule has 9 heteroatoms. The molecule has 2 aromatic carbocycles. The number of carbonyl (C=O) groups is 2. The third kappa shape index (κ3) is 3.90. The van der Waals surface area contributed by atoms with Crippen LogP contribution < -0.4 is 10.7 Å². The van der Waals surface area contributed by atoms with E-state index in [1.807, 2.05) is 24.3 Å². The van der Waals surface area contributed by atoms with Crippen molar-refractivity contribution in [1.82, 2.24) is 15.4 Å². The summed E-state index contributed by atoms with van der Waals surface area (Å²) in [5.41, 5.74) is 4.65. The van der Waals surface area contributed by atoms with E-state index in [0.29, 0.717) is 12.1 Å². The summed E-state index contributed by atoms with van der Waals surface area (Å²) in [4.78, 5) is 25.0. The molecule has 4 rings (SSSR count). The third-order valence-corrected chi connectivity index (χ3v) is 5.16. The third-order valence-electron chi connectivity index (χ3n) is 4.63. The molecule has 0 spiro atoms. The summed E-state index contributed by atoms with van der Waals surface area (Å²) >= 11 is 3.41. The molecule has 28 heavy (non-hydrogen) atoms. The zero-order valence-corrected chi connectivity index (χ0v) is 16.3. The summed E-state index contributed by atoms with van der Waals surface area (Å²) in [7, 11) is 0. The van der Waals surface area contributed by atoms with Gasteiger partial charge in [-0.1, -0.05) is 34.1 Å². The minimum atomic E-state index is -0.448. The highest BCUT2D eigenvalue weighted by Crippen LogP contribution is 2.30. The molecule has 2 aromatic rings. The molecule has 2 aliphatic heterocycles. The first-order chi connectivity index (χ1) is 13.5. The summed E-state index contributed by atoms with van der Waals surface area (Å²) < 4.78 is 14.2. The Labute approximate surface area is 169 Å². The summed E-state index contributed by atoms with van der Waals surface area (Å²) in [6.07, 6.45) is 2.08. The van der Waals surface area contributed by atoms with Gasteiger partial charge in [0.25, 0.3) is 5.91 Å². The van der Waals surface area contributed by atoms with Crippen LogP contribution in [0.5, 0.6) is 0 Å². The normalized spacial score (nSPS) is 21.0. The van der Waals surface area contributed by atoms with Crippen molar-refractivity contribution >= 4 is 39.8 Å². The van der Waals surface area contributed by atoms with Gasteiger partial charge in [-0.3, -0.25) is 14.6 Å². The highest BCUT2D eigenvalue weighted by Gasteiger charge is 2.41. The molecule has 2 N–H and O–H groups in total. The number of anilines is 1. The lowest BCUT2D eigenvalue weighted by Crippen LogP contribution is -2.52. The minimum Gasteiger partial charge on any atom is -0.324 e. The van der Waals surface area contributed by atoms with Gasteiger partial charge in [0.1, 0.15) is 24.7 Å². The largest absolute Gasteiger partial charge is 0.324 e. The summed E-state index contributed by atoms with van der Waals surface area (Å²) in [6, 6.07) is 13.0. The Morgan fingerprint density at radius 1 is 1.29 bits per heavy atom. The van der Waals surface area contributed by atoms with E-state index in [1.165, 1.54) is 24.5 Å². The number of hydrazone groups is 1. The van der Waals surface area contributed by atoms with Crippen molar-refractivity contribution in [3.63, 3.8) is 0 Å². The molecule has 2 aliphatic rings.